The summed E-state index contributed by atoms with van der Waals surface area (Å²) in [6, 6.07) is 0. The molecule has 0 saturated heterocycles. The first kappa shape index (κ1) is 13.6. The molecule has 0 aliphatic heterocycles. The lowest BCUT2D eigenvalue weighted by molar-refractivity contribution is 0.00518. The van der Waals surface area contributed by atoms with Crippen molar-refractivity contribution in [2.75, 3.05) is 26.1 Å². The lowest BCUT2D eigenvalue weighted by Gasteiger charge is -2.22. The predicted octanol–water partition coefficient (Wildman–Crippen LogP) is 1.96. The molecule has 6 heteroatoms. The Morgan fingerprint density at radius 2 is 2.21 bits per heavy atom. The fraction of sp³-hybridized carbons (Fsp3) is 0.538. The minimum absolute atomic E-state index is 0.202. The molecule has 1 N–H and O–H groups in total. The fourth-order valence-electron chi connectivity index (χ4n) is 1.62. The normalized spacial score (nSPS) is 11.8. The lowest BCUT2D eigenvalue weighted by atomic mass is 10.1. The minimum atomic E-state index is -0.202. The number of ether oxygens (including phenoxy) is 2. The van der Waals surface area contributed by atoms with Crippen molar-refractivity contribution in [2.45, 2.75) is 25.9 Å². The fourth-order valence-corrected chi connectivity index (χ4v) is 1.62. The van der Waals surface area contributed by atoms with Gasteiger partial charge in [0.05, 0.1) is 18.4 Å². The summed E-state index contributed by atoms with van der Waals surface area (Å²) in [5.41, 5.74) is 0.515. The number of hydrogen-bond acceptors (Lipinski definition) is 5. The highest BCUT2D eigenvalue weighted by atomic mass is 16.5. The smallest absolute Gasteiger partial charge is 0.260 e. The minimum Gasteiger partial charge on any atom is -0.475 e. The third-order valence-corrected chi connectivity index (χ3v) is 3.09. The number of rotatable bonds is 6. The number of nitrogens with one attached hydrogen (secondary N) is 1. The SMILES string of the molecule is CNc1cn2ccnc2c(OCCC(C)(C)OC)n1. The first-order valence-corrected chi connectivity index (χ1v) is 6.25. The van der Waals surface area contributed by atoms with Gasteiger partial charge in [0.1, 0.15) is 5.82 Å². The molecule has 0 amide bonds. The van der Waals surface area contributed by atoms with Crippen LogP contribution in [-0.2, 0) is 4.74 Å². The molecule has 2 aromatic heterocycles. The first-order chi connectivity index (χ1) is 9.05. The van der Waals surface area contributed by atoms with Gasteiger partial charge in [-0.2, -0.15) is 4.98 Å². The van der Waals surface area contributed by atoms with E-state index in [2.05, 4.69) is 15.3 Å². The highest BCUT2D eigenvalue weighted by Crippen LogP contribution is 2.20. The van der Waals surface area contributed by atoms with Crippen molar-refractivity contribution in [1.82, 2.24) is 14.4 Å². The summed E-state index contributed by atoms with van der Waals surface area (Å²) in [4.78, 5) is 8.63. The zero-order valence-corrected chi connectivity index (χ0v) is 11.8. The summed E-state index contributed by atoms with van der Waals surface area (Å²) in [7, 11) is 3.52. The van der Waals surface area contributed by atoms with Crippen LogP contribution in [0.1, 0.15) is 20.3 Å². The molecule has 0 unspecified atom stereocenters. The average molecular weight is 264 g/mol. The van der Waals surface area contributed by atoms with Gasteiger partial charge in [-0.15, -0.1) is 0 Å². The van der Waals surface area contributed by atoms with Crippen LogP contribution in [0.15, 0.2) is 18.6 Å². The topological polar surface area (TPSA) is 60.7 Å². The molecule has 0 aromatic carbocycles. The van der Waals surface area contributed by atoms with Crippen LogP contribution >= 0.6 is 0 Å². The molecule has 19 heavy (non-hydrogen) atoms. The summed E-state index contributed by atoms with van der Waals surface area (Å²) in [6.45, 7) is 4.58. The van der Waals surface area contributed by atoms with E-state index in [0.29, 0.717) is 18.1 Å². The maximum absolute atomic E-state index is 5.74. The molecule has 0 bridgehead atoms. The van der Waals surface area contributed by atoms with Gasteiger partial charge in [0.15, 0.2) is 0 Å². The molecule has 2 aromatic rings. The summed E-state index contributed by atoms with van der Waals surface area (Å²) in [5.74, 6) is 1.27. The molecule has 104 valence electrons. The third-order valence-electron chi connectivity index (χ3n) is 3.09. The van der Waals surface area contributed by atoms with Crippen LogP contribution in [0.2, 0.25) is 0 Å². The number of imidazole rings is 1. The summed E-state index contributed by atoms with van der Waals surface area (Å²) >= 11 is 0. The summed E-state index contributed by atoms with van der Waals surface area (Å²) < 4.78 is 13.0. The quantitative estimate of drug-likeness (QED) is 0.864. The van der Waals surface area contributed by atoms with Gasteiger partial charge in [-0.25, -0.2) is 4.98 Å². The molecule has 0 atom stereocenters. The third kappa shape index (κ3) is 3.14. The standard InChI is InChI=1S/C13H20N4O2/c1-13(2,18-4)5-8-19-12-11-15-6-7-17(11)9-10(14-3)16-12/h6-7,9,14H,5,8H2,1-4H3. The van der Waals surface area contributed by atoms with Gasteiger partial charge in [0.2, 0.25) is 5.65 Å². The van der Waals surface area contributed by atoms with E-state index in [1.807, 2.05) is 37.7 Å². The molecule has 0 fully saturated rings. The van der Waals surface area contributed by atoms with Gasteiger partial charge in [-0.3, -0.25) is 4.40 Å². The van der Waals surface area contributed by atoms with Crippen LogP contribution in [0.25, 0.3) is 5.65 Å². The Bertz CT molecular complexity index is 551. The Morgan fingerprint density at radius 3 is 2.89 bits per heavy atom. The summed E-state index contributed by atoms with van der Waals surface area (Å²) in [6.07, 6.45) is 6.24. The van der Waals surface area contributed by atoms with Gasteiger partial charge in [-0.05, 0) is 13.8 Å². The molecule has 0 spiro atoms. The number of aromatic nitrogens is 3. The second-order valence-electron chi connectivity index (χ2n) is 4.90. The van der Waals surface area contributed by atoms with E-state index in [0.717, 1.165) is 12.2 Å². The van der Waals surface area contributed by atoms with Crippen molar-refractivity contribution < 1.29 is 9.47 Å². The number of hydrogen-bond donors (Lipinski definition) is 1. The number of methoxy groups -OCH3 is 1. The zero-order valence-electron chi connectivity index (χ0n) is 11.8. The van der Waals surface area contributed by atoms with Gasteiger partial charge >= 0.3 is 0 Å². The molecule has 2 heterocycles. The first-order valence-electron chi connectivity index (χ1n) is 6.25. The Hall–Kier alpha value is -1.82. The van der Waals surface area contributed by atoms with E-state index in [-0.39, 0.29) is 5.60 Å². The number of nitrogens with zero attached hydrogens (tertiary/aromatic N) is 3. The Balaban J connectivity index is 2.13. The molecule has 0 aliphatic carbocycles. The van der Waals surface area contributed by atoms with Crippen molar-refractivity contribution >= 4 is 11.5 Å². The summed E-state index contributed by atoms with van der Waals surface area (Å²) in [5, 5.41) is 3.00. The van der Waals surface area contributed by atoms with Crippen LogP contribution in [0, 0.1) is 0 Å². The lowest BCUT2D eigenvalue weighted by Crippen LogP contribution is -2.25. The van der Waals surface area contributed by atoms with E-state index < -0.39 is 0 Å². The second-order valence-corrected chi connectivity index (χ2v) is 4.90. The van der Waals surface area contributed by atoms with Crippen LogP contribution in [0.4, 0.5) is 5.82 Å². The highest BCUT2D eigenvalue weighted by Gasteiger charge is 2.17. The van der Waals surface area contributed by atoms with E-state index in [1.165, 1.54) is 0 Å². The average Bonchev–Trinajstić information content (AvgIpc) is 2.86. The molecule has 0 saturated carbocycles. The molecular weight excluding hydrogens is 244 g/mol. The van der Waals surface area contributed by atoms with E-state index in [1.54, 1.807) is 13.3 Å². The van der Waals surface area contributed by atoms with Crippen LogP contribution in [-0.4, -0.2) is 40.7 Å². The number of fused-ring (bicyclic) bond motifs is 1. The van der Waals surface area contributed by atoms with E-state index >= 15 is 0 Å². The van der Waals surface area contributed by atoms with Crippen molar-refractivity contribution in [3.05, 3.63) is 18.6 Å². The molecule has 0 radical (unpaired) electrons. The Morgan fingerprint density at radius 1 is 1.42 bits per heavy atom. The van der Waals surface area contributed by atoms with Crippen molar-refractivity contribution in [1.29, 1.82) is 0 Å². The zero-order chi connectivity index (χ0) is 13.9. The van der Waals surface area contributed by atoms with Crippen LogP contribution in [0.5, 0.6) is 5.88 Å². The van der Waals surface area contributed by atoms with E-state index in [4.69, 9.17) is 9.47 Å². The largest absolute Gasteiger partial charge is 0.475 e. The second kappa shape index (κ2) is 5.44. The van der Waals surface area contributed by atoms with Gasteiger partial charge in [-0.1, -0.05) is 0 Å². The molecule has 0 aliphatic rings. The Labute approximate surface area is 112 Å². The molecule has 6 nitrogen and oxygen atoms in total. The number of anilines is 1. The van der Waals surface area contributed by atoms with Crippen molar-refractivity contribution in [2.24, 2.45) is 0 Å². The maximum atomic E-state index is 5.74. The predicted molar refractivity (Wildman–Crippen MR) is 73.7 cm³/mol. The van der Waals surface area contributed by atoms with Crippen molar-refractivity contribution in [3.8, 4) is 5.88 Å². The molecular formula is C13H20N4O2. The van der Waals surface area contributed by atoms with Gasteiger partial charge in [0, 0.05) is 33.0 Å². The van der Waals surface area contributed by atoms with Crippen LogP contribution < -0.4 is 10.1 Å². The van der Waals surface area contributed by atoms with Gasteiger partial charge < -0.3 is 14.8 Å². The monoisotopic (exact) mass is 264 g/mol. The molecule has 2 rings (SSSR count). The highest BCUT2D eigenvalue weighted by molar-refractivity contribution is 5.53. The maximum Gasteiger partial charge on any atom is 0.260 e. The van der Waals surface area contributed by atoms with Crippen LogP contribution in [0.3, 0.4) is 0 Å². The van der Waals surface area contributed by atoms with Gasteiger partial charge in [0.25, 0.3) is 5.88 Å². The van der Waals surface area contributed by atoms with E-state index in [9.17, 15) is 0 Å². The van der Waals surface area contributed by atoms with Crippen molar-refractivity contribution in [3.63, 3.8) is 0 Å². The Kier molecular flexibility index (Phi) is 3.90.